The molecule has 1 aliphatic heterocycles. The fourth-order valence-corrected chi connectivity index (χ4v) is 2.90. The minimum absolute atomic E-state index is 0.0573. The van der Waals surface area contributed by atoms with E-state index in [0.29, 0.717) is 25.3 Å². The third kappa shape index (κ3) is 2.92. The number of halogens is 1. The number of rotatable bonds is 4. The highest BCUT2D eigenvalue weighted by Crippen LogP contribution is 2.40. The summed E-state index contributed by atoms with van der Waals surface area (Å²) in [6.45, 7) is 3.60. The molecular formula is C14H18BrNO3. The molecule has 0 amide bonds. The lowest BCUT2D eigenvalue weighted by Gasteiger charge is -2.17. The van der Waals surface area contributed by atoms with Crippen LogP contribution >= 0.6 is 15.9 Å². The third-order valence-electron chi connectivity index (χ3n) is 3.06. The van der Waals surface area contributed by atoms with Crippen LogP contribution in [0.2, 0.25) is 0 Å². The summed E-state index contributed by atoms with van der Waals surface area (Å²) in [5, 5.41) is 2.89. The van der Waals surface area contributed by atoms with E-state index in [4.69, 9.17) is 9.47 Å². The normalized spacial score (nSPS) is 14.1. The summed E-state index contributed by atoms with van der Waals surface area (Å²) >= 11 is 3.48. The molecule has 104 valence electrons. The molecule has 1 aromatic carbocycles. The third-order valence-corrected chi connectivity index (χ3v) is 3.68. The predicted octanol–water partition coefficient (Wildman–Crippen LogP) is 2.57. The van der Waals surface area contributed by atoms with Crippen LogP contribution in [-0.4, -0.2) is 32.6 Å². The number of ether oxygens (including phenoxy) is 2. The lowest BCUT2D eigenvalue weighted by Crippen LogP contribution is -2.20. The Balaban J connectivity index is 2.54. The van der Waals surface area contributed by atoms with Crippen molar-refractivity contribution in [3.8, 4) is 11.5 Å². The molecule has 4 nitrogen and oxygen atoms in total. The van der Waals surface area contributed by atoms with Crippen molar-refractivity contribution in [3.63, 3.8) is 0 Å². The molecule has 0 aliphatic carbocycles. The zero-order valence-electron chi connectivity index (χ0n) is 11.2. The maximum Gasteiger partial charge on any atom is 0.178 e. The monoisotopic (exact) mass is 327 g/mol. The van der Waals surface area contributed by atoms with Gasteiger partial charge in [-0.15, -0.1) is 0 Å². The second-order valence-electron chi connectivity index (χ2n) is 4.40. The number of carbonyl (C=O) groups excluding carboxylic acids is 1. The molecule has 0 saturated carbocycles. The molecule has 0 atom stereocenters. The number of benzene rings is 1. The standard InChI is InChI=1S/C14H18BrNO3/c1-3-9-13(11(17)8-16-2)10(15)7-12-14(9)19-6-4-5-18-12/h7,16H,3-6,8H2,1-2H3. The van der Waals surface area contributed by atoms with Gasteiger partial charge >= 0.3 is 0 Å². The Bertz CT molecular complexity index is 488. The number of fused-ring (bicyclic) bond motifs is 1. The van der Waals surface area contributed by atoms with Crippen molar-refractivity contribution in [2.75, 3.05) is 26.8 Å². The van der Waals surface area contributed by atoms with Crippen LogP contribution in [0, 0.1) is 0 Å². The van der Waals surface area contributed by atoms with Gasteiger partial charge in [0.25, 0.3) is 0 Å². The van der Waals surface area contributed by atoms with Gasteiger partial charge in [-0.25, -0.2) is 0 Å². The minimum Gasteiger partial charge on any atom is -0.490 e. The van der Waals surface area contributed by atoms with E-state index in [1.807, 2.05) is 13.0 Å². The number of carbonyl (C=O) groups is 1. The van der Waals surface area contributed by atoms with Crippen LogP contribution in [0.25, 0.3) is 0 Å². The van der Waals surface area contributed by atoms with Crippen LogP contribution in [0.5, 0.6) is 11.5 Å². The number of hydrogen-bond acceptors (Lipinski definition) is 4. The molecule has 0 unspecified atom stereocenters. The van der Waals surface area contributed by atoms with Crippen molar-refractivity contribution in [3.05, 3.63) is 21.7 Å². The molecule has 1 heterocycles. The molecule has 0 bridgehead atoms. The Hall–Kier alpha value is -1.07. The minimum atomic E-state index is 0.0573. The first kappa shape index (κ1) is 14.3. The van der Waals surface area contributed by atoms with E-state index < -0.39 is 0 Å². The highest BCUT2D eigenvalue weighted by Gasteiger charge is 2.23. The molecule has 5 heteroatoms. The maximum atomic E-state index is 12.2. The average molecular weight is 328 g/mol. The van der Waals surface area contributed by atoms with Crippen molar-refractivity contribution in [2.24, 2.45) is 0 Å². The van der Waals surface area contributed by atoms with E-state index in [0.717, 1.165) is 34.4 Å². The van der Waals surface area contributed by atoms with Gasteiger partial charge < -0.3 is 14.8 Å². The van der Waals surface area contributed by atoms with E-state index in [9.17, 15) is 4.79 Å². The summed E-state index contributed by atoms with van der Waals surface area (Å²) in [4.78, 5) is 12.2. The number of hydrogen-bond donors (Lipinski definition) is 1. The number of nitrogens with one attached hydrogen (secondary N) is 1. The summed E-state index contributed by atoms with van der Waals surface area (Å²) in [7, 11) is 1.76. The number of Topliss-reactive ketones (excluding diaryl/α,β-unsaturated/α-hetero) is 1. The highest BCUT2D eigenvalue weighted by atomic mass is 79.9. The first-order chi connectivity index (χ1) is 9.19. The molecule has 1 aromatic rings. The zero-order chi connectivity index (χ0) is 13.8. The SMILES string of the molecule is CCc1c2c(cc(Br)c1C(=O)CNC)OCCCO2. The van der Waals surface area contributed by atoms with Gasteiger partial charge in [-0.2, -0.15) is 0 Å². The second-order valence-corrected chi connectivity index (χ2v) is 5.25. The van der Waals surface area contributed by atoms with Crippen LogP contribution in [0.1, 0.15) is 29.3 Å². The fourth-order valence-electron chi connectivity index (χ4n) is 2.23. The first-order valence-electron chi connectivity index (χ1n) is 6.47. The lowest BCUT2D eigenvalue weighted by atomic mass is 9.99. The molecule has 0 fully saturated rings. The van der Waals surface area contributed by atoms with E-state index in [2.05, 4.69) is 21.2 Å². The van der Waals surface area contributed by atoms with Gasteiger partial charge in [-0.1, -0.05) is 6.92 Å². The molecular weight excluding hydrogens is 310 g/mol. The van der Waals surface area contributed by atoms with Crippen molar-refractivity contribution in [2.45, 2.75) is 19.8 Å². The molecule has 0 radical (unpaired) electrons. The van der Waals surface area contributed by atoms with Crippen molar-refractivity contribution < 1.29 is 14.3 Å². The van der Waals surface area contributed by atoms with Gasteiger partial charge in [0, 0.05) is 22.0 Å². The molecule has 0 spiro atoms. The molecule has 2 rings (SSSR count). The lowest BCUT2D eigenvalue weighted by molar-refractivity contribution is 0.0991. The number of ketones is 1. The Morgan fingerprint density at radius 3 is 2.84 bits per heavy atom. The van der Waals surface area contributed by atoms with Gasteiger partial charge in [0.05, 0.1) is 19.8 Å². The van der Waals surface area contributed by atoms with E-state index in [1.165, 1.54) is 0 Å². The van der Waals surface area contributed by atoms with Gasteiger partial charge in [0.15, 0.2) is 17.3 Å². The predicted molar refractivity (Wildman–Crippen MR) is 77.4 cm³/mol. The Kier molecular flexibility index (Phi) is 4.82. The summed E-state index contributed by atoms with van der Waals surface area (Å²) in [6, 6.07) is 1.84. The van der Waals surface area contributed by atoms with E-state index in [-0.39, 0.29) is 5.78 Å². The highest BCUT2D eigenvalue weighted by molar-refractivity contribution is 9.10. The maximum absolute atomic E-state index is 12.2. The molecule has 1 aliphatic rings. The van der Waals surface area contributed by atoms with Gasteiger partial charge in [-0.3, -0.25) is 4.79 Å². The quantitative estimate of drug-likeness (QED) is 0.863. The fraction of sp³-hybridized carbons (Fsp3) is 0.500. The molecule has 1 N–H and O–H groups in total. The average Bonchev–Trinajstić information content (AvgIpc) is 2.62. The van der Waals surface area contributed by atoms with Crippen LogP contribution in [0.3, 0.4) is 0 Å². The first-order valence-corrected chi connectivity index (χ1v) is 7.27. The molecule has 0 aromatic heterocycles. The van der Waals surface area contributed by atoms with Gasteiger partial charge in [-0.05, 0) is 35.5 Å². The van der Waals surface area contributed by atoms with E-state index in [1.54, 1.807) is 7.05 Å². The van der Waals surface area contributed by atoms with Crippen LogP contribution in [0.15, 0.2) is 10.5 Å². The Morgan fingerprint density at radius 2 is 2.16 bits per heavy atom. The van der Waals surface area contributed by atoms with Gasteiger partial charge in [0.2, 0.25) is 0 Å². The second kappa shape index (κ2) is 6.39. The topological polar surface area (TPSA) is 47.6 Å². The van der Waals surface area contributed by atoms with E-state index >= 15 is 0 Å². The van der Waals surface area contributed by atoms with Crippen LogP contribution in [-0.2, 0) is 6.42 Å². The van der Waals surface area contributed by atoms with Crippen molar-refractivity contribution in [1.29, 1.82) is 0 Å². The summed E-state index contributed by atoms with van der Waals surface area (Å²) in [5.74, 6) is 1.51. The summed E-state index contributed by atoms with van der Waals surface area (Å²) < 4.78 is 12.2. The summed E-state index contributed by atoms with van der Waals surface area (Å²) in [6.07, 6.45) is 1.59. The molecule has 19 heavy (non-hydrogen) atoms. The number of likely N-dealkylation sites (N-methyl/N-ethyl adjacent to an activating group) is 1. The summed E-state index contributed by atoms with van der Waals surface area (Å²) in [5.41, 5.74) is 1.62. The Labute approximate surface area is 121 Å². The zero-order valence-corrected chi connectivity index (χ0v) is 12.8. The van der Waals surface area contributed by atoms with Gasteiger partial charge in [0.1, 0.15) is 0 Å². The van der Waals surface area contributed by atoms with Crippen LogP contribution in [0.4, 0.5) is 0 Å². The van der Waals surface area contributed by atoms with Crippen molar-refractivity contribution >= 4 is 21.7 Å². The Morgan fingerprint density at radius 1 is 1.42 bits per heavy atom. The smallest absolute Gasteiger partial charge is 0.178 e. The largest absolute Gasteiger partial charge is 0.490 e. The van der Waals surface area contributed by atoms with Crippen molar-refractivity contribution in [1.82, 2.24) is 5.32 Å². The van der Waals surface area contributed by atoms with Crippen LogP contribution < -0.4 is 14.8 Å². The molecule has 0 saturated heterocycles.